The van der Waals surface area contributed by atoms with Crippen molar-refractivity contribution in [3.63, 3.8) is 0 Å². The highest BCUT2D eigenvalue weighted by atomic mass is 16.1. The van der Waals surface area contributed by atoms with Crippen molar-refractivity contribution in [1.82, 2.24) is 9.55 Å². The van der Waals surface area contributed by atoms with E-state index in [1.165, 1.54) is 5.56 Å². The molecule has 0 spiro atoms. The topological polar surface area (TPSA) is 34.9 Å². The molecule has 0 aliphatic heterocycles. The molecule has 1 heterocycles. The minimum atomic E-state index is -0.0609. The van der Waals surface area contributed by atoms with Crippen molar-refractivity contribution in [1.29, 1.82) is 0 Å². The van der Waals surface area contributed by atoms with E-state index < -0.39 is 0 Å². The van der Waals surface area contributed by atoms with Gasteiger partial charge < -0.3 is 0 Å². The molecule has 3 aromatic carbocycles. The van der Waals surface area contributed by atoms with E-state index in [0.29, 0.717) is 22.6 Å². The average molecular weight is 380 g/mol. The highest BCUT2D eigenvalue weighted by molar-refractivity contribution is 5.80. The first-order chi connectivity index (χ1) is 14.0. The van der Waals surface area contributed by atoms with Crippen LogP contribution in [0.2, 0.25) is 0 Å². The molecule has 0 bridgehead atoms. The lowest BCUT2D eigenvalue weighted by Gasteiger charge is -2.12. The number of aromatic nitrogens is 2. The van der Waals surface area contributed by atoms with Gasteiger partial charge in [0.25, 0.3) is 5.56 Å². The second-order valence-corrected chi connectivity index (χ2v) is 7.62. The summed E-state index contributed by atoms with van der Waals surface area (Å²) in [7, 11) is 0. The van der Waals surface area contributed by atoms with Gasteiger partial charge in [0.1, 0.15) is 5.82 Å². The SMILES string of the molecule is Cc1ccc(-n2c(C=Cc3ccc(C(C)C)cc3)nc3ccccc3c2=O)cc1. The largest absolute Gasteiger partial charge is 0.268 e. The Morgan fingerprint density at radius 1 is 0.862 bits per heavy atom. The lowest BCUT2D eigenvalue weighted by molar-refractivity contribution is 0.866. The van der Waals surface area contributed by atoms with Gasteiger partial charge in [-0.1, -0.05) is 74.0 Å². The Kier molecular flexibility index (Phi) is 5.13. The van der Waals surface area contributed by atoms with E-state index in [0.717, 1.165) is 16.8 Å². The van der Waals surface area contributed by atoms with Crippen LogP contribution >= 0.6 is 0 Å². The molecule has 0 saturated carbocycles. The highest BCUT2D eigenvalue weighted by Gasteiger charge is 2.10. The van der Waals surface area contributed by atoms with Crippen LogP contribution in [-0.2, 0) is 0 Å². The van der Waals surface area contributed by atoms with Crippen LogP contribution in [0.5, 0.6) is 0 Å². The molecule has 0 fully saturated rings. The molecule has 0 atom stereocenters. The molecule has 0 saturated heterocycles. The average Bonchev–Trinajstić information content (AvgIpc) is 2.73. The number of rotatable bonds is 4. The predicted octanol–water partition coefficient (Wildman–Crippen LogP) is 5.99. The maximum Gasteiger partial charge on any atom is 0.266 e. The smallest absolute Gasteiger partial charge is 0.266 e. The van der Waals surface area contributed by atoms with Gasteiger partial charge in [-0.2, -0.15) is 0 Å². The maximum atomic E-state index is 13.3. The molecule has 0 aliphatic rings. The second kappa shape index (κ2) is 7.88. The first-order valence-corrected chi connectivity index (χ1v) is 9.90. The van der Waals surface area contributed by atoms with Gasteiger partial charge in [-0.15, -0.1) is 0 Å². The number of hydrogen-bond acceptors (Lipinski definition) is 2. The highest BCUT2D eigenvalue weighted by Crippen LogP contribution is 2.18. The first kappa shape index (κ1) is 18.9. The molecule has 4 rings (SSSR count). The third kappa shape index (κ3) is 3.90. The number of para-hydroxylation sites is 1. The van der Waals surface area contributed by atoms with E-state index in [-0.39, 0.29) is 5.56 Å². The minimum Gasteiger partial charge on any atom is -0.268 e. The van der Waals surface area contributed by atoms with E-state index in [1.54, 1.807) is 4.57 Å². The Bertz CT molecular complexity index is 1230. The van der Waals surface area contributed by atoms with Crippen molar-refractivity contribution in [3.05, 3.63) is 106 Å². The van der Waals surface area contributed by atoms with Gasteiger partial charge in [0.2, 0.25) is 0 Å². The van der Waals surface area contributed by atoms with Gasteiger partial charge >= 0.3 is 0 Å². The number of nitrogens with zero attached hydrogens (tertiary/aromatic N) is 2. The van der Waals surface area contributed by atoms with Gasteiger partial charge in [0.05, 0.1) is 16.6 Å². The Morgan fingerprint density at radius 3 is 2.24 bits per heavy atom. The van der Waals surface area contributed by atoms with Gasteiger partial charge in [-0.25, -0.2) is 4.98 Å². The van der Waals surface area contributed by atoms with Crippen molar-refractivity contribution < 1.29 is 0 Å². The third-order valence-electron chi connectivity index (χ3n) is 5.12. The molecule has 3 nitrogen and oxygen atoms in total. The molecule has 144 valence electrons. The maximum absolute atomic E-state index is 13.3. The van der Waals surface area contributed by atoms with Crippen molar-refractivity contribution in [3.8, 4) is 5.69 Å². The molecule has 0 radical (unpaired) electrons. The van der Waals surface area contributed by atoms with E-state index in [9.17, 15) is 4.79 Å². The molecule has 0 N–H and O–H groups in total. The van der Waals surface area contributed by atoms with Crippen LogP contribution in [0.3, 0.4) is 0 Å². The van der Waals surface area contributed by atoms with Crippen molar-refractivity contribution in [2.45, 2.75) is 26.7 Å². The van der Waals surface area contributed by atoms with Crippen LogP contribution in [0.1, 0.15) is 42.3 Å². The van der Waals surface area contributed by atoms with Crippen LogP contribution in [0.25, 0.3) is 28.7 Å². The quantitative estimate of drug-likeness (QED) is 0.436. The zero-order chi connectivity index (χ0) is 20.4. The summed E-state index contributed by atoms with van der Waals surface area (Å²) in [5.41, 5.74) is 4.99. The van der Waals surface area contributed by atoms with Crippen molar-refractivity contribution in [2.75, 3.05) is 0 Å². The first-order valence-electron chi connectivity index (χ1n) is 9.90. The summed E-state index contributed by atoms with van der Waals surface area (Å²) < 4.78 is 1.68. The summed E-state index contributed by atoms with van der Waals surface area (Å²) in [6, 6.07) is 23.9. The zero-order valence-corrected chi connectivity index (χ0v) is 17.0. The summed E-state index contributed by atoms with van der Waals surface area (Å²) in [5, 5.41) is 0.617. The zero-order valence-electron chi connectivity index (χ0n) is 17.0. The molecule has 0 aliphatic carbocycles. The number of hydrogen-bond donors (Lipinski definition) is 0. The van der Waals surface area contributed by atoms with Crippen LogP contribution < -0.4 is 5.56 Å². The van der Waals surface area contributed by atoms with Crippen LogP contribution in [-0.4, -0.2) is 9.55 Å². The van der Waals surface area contributed by atoms with Crippen molar-refractivity contribution in [2.24, 2.45) is 0 Å². The van der Waals surface area contributed by atoms with Gasteiger partial charge in [0.15, 0.2) is 0 Å². The van der Waals surface area contributed by atoms with Crippen molar-refractivity contribution >= 4 is 23.1 Å². The Hall–Kier alpha value is -3.46. The Balaban J connectivity index is 1.85. The fraction of sp³-hybridized carbons (Fsp3) is 0.154. The predicted molar refractivity (Wildman–Crippen MR) is 122 cm³/mol. The fourth-order valence-corrected chi connectivity index (χ4v) is 3.37. The Morgan fingerprint density at radius 2 is 1.55 bits per heavy atom. The normalized spacial score (nSPS) is 11.6. The molecule has 0 amide bonds. The molecular weight excluding hydrogens is 356 g/mol. The molecule has 1 aromatic heterocycles. The summed E-state index contributed by atoms with van der Waals surface area (Å²) in [6.45, 7) is 6.40. The summed E-state index contributed by atoms with van der Waals surface area (Å²) in [4.78, 5) is 18.0. The molecule has 3 heteroatoms. The third-order valence-corrected chi connectivity index (χ3v) is 5.12. The van der Waals surface area contributed by atoms with E-state index in [1.807, 2.05) is 67.6 Å². The fourth-order valence-electron chi connectivity index (χ4n) is 3.37. The minimum absolute atomic E-state index is 0.0609. The standard InChI is InChI=1S/C26H24N2O/c1-18(2)21-13-10-20(11-14-21)12-17-25-27-24-7-5-4-6-23(24)26(29)28(25)22-15-8-19(3)9-16-22/h4-18H,1-3H3. The molecule has 4 aromatic rings. The summed E-state index contributed by atoms with van der Waals surface area (Å²) in [5.74, 6) is 1.12. The summed E-state index contributed by atoms with van der Waals surface area (Å²) in [6.07, 6.45) is 3.92. The number of benzene rings is 3. The molecular formula is C26H24N2O. The van der Waals surface area contributed by atoms with E-state index in [4.69, 9.17) is 4.98 Å². The Labute approximate surface area is 171 Å². The monoisotopic (exact) mass is 380 g/mol. The molecule has 29 heavy (non-hydrogen) atoms. The van der Waals surface area contributed by atoms with Gasteiger partial charge in [-0.3, -0.25) is 9.36 Å². The number of aryl methyl sites for hydroxylation is 1. The lowest BCUT2D eigenvalue weighted by atomic mass is 10.0. The van der Waals surface area contributed by atoms with Crippen LogP contribution in [0.15, 0.2) is 77.6 Å². The van der Waals surface area contributed by atoms with E-state index in [2.05, 4.69) is 38.1 Å². The van der Waals surface area contributed by atoms with Gasteiger partial charge in [-0.05, 0) is 54.3 Å². The second-order valence-electron chi connectivity index (χ2n) is 7.62. The lowest BCUT2D eigenvalue weighted by Crippen LogP contribution is -2.22. The van der Waals surface area contributed by atoms with Crippen LogP contribution in [0.4, 0.5) is 0 Å². The summed E-state index contributed by atoms with van der Waals surface area (Å²) >= 11 is 0. The molecule has 0 unspecified atom stereocenters. The number of fused-ring (bicyclic) bond motifs is 1. The van der Waals surface area contributed by atoms with Crippen LogP contribution in [0, 0.1) is 6.92 Å². The van der Waals surface area contributed by atoms with Gasteiger partial charge in [0, 0.05) is 0 Å². The van der Waals surface area contributed by atoms with E-state index >= 15 is 0 Å².